The molecule has 1 unspecified atom stereocenters. The predicted octanol–water partition coefficient (Wildman–Crippen LogP) is 4.19. The molecule has 6 heteroatoms. The third kappa shape index (κ3) is 4.90. The highest BCUT2D eigenvalue weighted by Gasteiger charge is 2.30. The molecule has 29 heavy (non-hydrogen) atoms. The second-order valence-electron chi connectivity index (χ2n) is 8.25. The average molecular weight is 416 g/mol. The van der Waals surface area contributed by atoms with Gasteiger partial charge in [-0.3, -0.25) is 9.69 Å². The van der Waals surface area contributed by atoms with E-state index in [0.29, 0.717) is 12.3 Å². The first kappa shape index (κ1) is 20.2. The van der Waals surface area contributed by atoms with E-state index in [4.69, 9.17) is 11.6 Å². The van der Waals surface area contributed by atoms with Gasteiger partial charge in [-0.2, -0.15) is 0 Å². The smallest absolute Gasteiger partial charge is 0.223 e. The molecule has 154 valence electrons. The van der Waals surface area contributed by atoms with Gasteiger partial charge < -0.3 is 10.2 Å². The molecule has 1 saturated heterocycles. The van der Waals surface area contributed by atoms with Crippen LogP contribution in [-0.4, -0.2) is 47.9 Å². The molecule has 1 N–H and O–H groups in total. The Labute approximate surface area is 176 Å². The molecule has 2 aromatic rings. The normalized spacial score (nSPS) is 22.1. The number of hydrogen-bond acceptors (Lipinski definition) is 3. The SMILES string of the molecule is C[C@@H]1CN(Cc2ccc(F)cc2)CCN1C(=O)CC1CNc2cc(Cl)ccc2C1. The standard InChI is InChI=1S/C23H27ClFN3O/c1-16-14-27(15-17-2-6-21(25)7-3-17)8-9-28(16)23(29)11-18-10-19-4-5-20(24)12-22(19)26-13-18/h2-7,12,16,18,26H,8-11,13-15H2,1H3/t16-,18?/m1/s1. The fourth-order valence-corrected chi connectivity index (χ4v) is 4.60. The molecule has 0 spiro atoms. The maximum atomic E-state index is 13.1. The Bertz CT molecular complexity index is 873. The Kier molecular flexibility index (Phi) is 6.07. The van der Waals surface area contributed by atoms with Crippen LogP contribution in [0.2, 0.25) is 5.02 Å². The maximum Gasteiger partial charge on any atom is 0.223 e. The minimum absolute atomic E-state index is 0.180. The van der Waals surface area contributed by atoms with E-state index in [1.54, 1.807) is 0 Å². The molecule has 4 rings (SSSR count). The number of piperazine rings is 1. The van der Waals surface area contributed by atoms with Crippen molar-refractivity contribution in [3.05, 3.63) is 64.4 Å². The summed E-state index contributed by atoms with van der Waals surface area (Å²) >= 11 is 6.06. The van der Waals surface area contributed by atoms with Gasteiger partial charge in [0.2, 0.25) is 5.91 Å². The average Bonchev–Trinajstić information content (AvgIpc) is 2.70. The second-order valence-corrected chi connectivity index (χ2v) is 8.69. The van der Waals surface area contributed by atoms with Gasteiger partial charge in [-0.15, -0.1) is 0 Å². The van der Waals surface area contributed by atoms with Crippen LogP contribution in [0.1, 0.15) is 24.5 Å². The van der Waals surface area contributed by atoms with Gasteiger partial charge in [0.15, 0.2) is 0 Å². The second kappa shape index (κ2) is 8.72. The van der Waals surface area contributed by atoms with Crippen molar-refractivity contribution in [2.75, 3.05) is 31.5 Å². The van der Waals surface area contributed by atoms with Crippen LogP contribution in [0.15, 0.2) is 42.5 Å². The summed E-state index contributed by atoms with van der Waals surface area (Å²) in [4.78, 5) is 17.3. The van der Waals surface area contributed by atoms with Crippen molar-refractivity contribution in [3.8, 4) is 0 Å². The number of carbonyl (C=O) groups excluding carboxylic acids is 1. The summed E-state index contributed by atoms with van der Waals surface area (Å²) in [6.07, 6.45) is 1.47. The Balaban J connectivity index is 1.30. The van der Waals surface area contributed by atoms with Crippen LogP contribution < -0.4 is 5.32 Å². The molecule has 2 aliphatic heterocycles. The molecular weight excluding hydrogens is 389 g/mol. The van der Waals surface area contributed by atoms with E-state index in [-0.39, 0.29) is 17.8 Å². The van der Waals surface area contributed by atoms with Crippen molar-refractivity contribution in [1.29, 1.82) is 0 Å². The highest BCUT2D eigenvalue weighted by atomic mass is 35.5. The molecule has 0 saturated carbocycles. The molecule has 0 aromatic heterocycles. The van der Waals surface area contributed by atoms with Crippen LogP contribution in [0.3, 0.4) is 0 Å². The molecule has 0 aliphatic carbocycles. The molecule has 0 bridgehead atoms. The van der Waals surface area contributed by atoms with E-state index in [9.17, 15) is 9.18 Å². The Morgan fingerprint density at radius 3 is 2.76 bits per heavy atom. The first-order valence-electron chi connectivity index (χ1n) is 10.3. The number of hydrogen-bond donors (Lipinski definition) is 1. The van der Waals surface area contributed by atoms with Crippen LogP contribution in [0, 0.1) is 11.7 Å². The van der Waals surface area contributed by atoms with Crippen molar-refractivity contribution < 1.29 is 9.18 Å². The minimum Gasteiger partial charge on any atom is -0.384 e. The summed E-state index contributed by atoms with van der Waals surface area (Å²) in [5.41, 5.74) is 3.42. The number of fused-ring (bicyclic) bond motifs is 1. The first-order chi connectivity index (χ1) is 14.0. The molecule has 1 amide bonds. The summed E-state index contributed by atoms with van der Waals surface area (Å²) in [6, 6.07) is 12.8. The van der Waals surface area contributed by atoms with E-state index >= 15 is 0 Å². The zero-order valence-electron chi connectivity index (χ0n) is 16.7. The third-order valence-electron chi connectivity index (χ3n) is 5.98. The number of nitrogens with zero attached hydrogens (tertiary/aromatic N) is 2. The van der Waals surface area contributed by atoms with E-state index in [1.807, 2.05) is 29.2 Å². The lowest BCUT2D eigenvalue weighted by atomic mass is 9.91. The Morgan fingerprint density at radius 1 is 1.21 bits per heavy atom. The summed E-state index contributed by atoms with van der Waals surface area (Å²) in [7, 11) is 0. The highest BCUT2D eigenvalue weighted by Crippen LogP contribution is 2.29. The number of halogens is 2. The summed E-state index contributed by atoms with van der Waals surface area (Å²) in [5.74, 6) is 0.337. The highest BCUT2D eigenvalue weighted by molar-refractivity contribution is 6.30. The van der Waals surface area contributed by atoms with Gasteiger partial charge in [0.1, 0.15) is 5.82 Å². The molecule has 4 nitrogen and oxygen atoms in total. The van der Waals surface area contributed by atoms with E-state index in [2.05, 4.69) is 23.2 Å². The van der Waals surface area contributed by atoms with Gasteiger partial charge in [-0.05, 0) is 54.7 Å². The first-order valence-corrected chi connectivity index (χ1v) is 10.6. The van der Waals surface area contributed by atoms with Gasteiger partial charge in [-0.1, -0.05) is 29.8 Å². The molecule has 2 aliphatic rings. The zero-order chi connectivity index (χ0) is 20.4. The van der Waals surface area contributed by atoms with Crippen molar-refractivity contribution >= 4 is 23.2 Å². The quantitative estimate of drug-likeness (QED) is 0.813. The van der Waals surface area contributed by atoms with Crippen LogP contribution >= 0.6 is 11.6 Å². The fraction of sp³-hybridized carbons (Fsp3) is 0.435. The van der Waals surface area contributed by atoms with Gasteiger partial charge in [-0.25, -0.2) is 4.39 Å². The monoisotopic (exact) mass is 415 g/mol. The number of rotatable bonds is 4. The zero-order valence-corrected chi connectivity index (χ0v) is 17.5. The molecule has 1 fully saturated rings. The Morgan fingerprint density at radius 2 is 2.00 bits per heavy atom. The van der Waals surface area contributed by atoms with Crippen LogP contribution in [-0.2, 0) is 17.8 Å². The topological polar surface area (TPSA) is 35.6 Å². The Hall–Kier alpha value is -2.11. The van der Waals surface area contributed by atoms with Gasteiger partial charge in [0.25, 0.3) is 0 Å². The number of anilines is 1. The third-order valence-corrected chi connectivity index (χ3v) is 6.21. The van der Waals surface area contributed by atoms with E-state index in [1.165, 1.54) is 17.7 Å². The fourth-order valence-electron chi connectivity index (χ4n) is 4.43. The summed E-state index contributed by atoms with van der Waals surface area (Å²) in [6.45, 7) is 6.14. The lowest BCUT2D eigenvalue weighted by Gasteiger charge is -2.40. The van der Waals surface area contributed by atoms with Gasteiger partial charge in [0.05, 0.1) is 0 Å². The van der Waals surface area contributed by atoms with Gasteiger partial charge >= 0.3 is 0 Å². The number of amides is 1. The van der Waals surface area contributed by atoms with Crippen molar-refractivity contribution in [2.45, 2.75) is 32.4 Å². The maximum absolute atomic E-state index is 13.1. The number of benzene rings is 2. The lowest BCUT2D eigenvalue weighted by molar-refractivity contribution is -0.136. The molecule has 2 atom stereocenters. The molecule has 0 radical (unpaired) electrons. The predicted molar refractivity (Wildman–Crippen MR) is 115 cm³/mol. The molecule has 2 aromatic carbocycles. The molecular formula is C23H27ClFN3O. The number of carbonyl (C=O) groups is 1. The number of nitrogens with one attached hydrogen (secondary N) is 1. The van der Waals surface area contributed by atoms with Crippen LogP contribution in [0.25, 0.3) is 0 Å². The lowest BCUT2D eigenvalue weighted by Crippen LogP contribution is -2.54. The van der Waals surface area contributed by atoms with Crippen molar-refractivity contribution in [3.63, 3.8) is 0 Å². The molecule has 2 heterocycles. The van der Waals surface area contributed by atoms with E-state index < -0.39 is 0 Å². The van der Waals surface area contributed by atoms with Crippen molar-refractivity contribution in [1.82, 2.24) is 9.80 Å². The summed E-state index contributed by atoms with van der Waals surface area (Å²) in [5, 5.41) is 4.16. The minimum atomic E-state index is -0.208. The van der Waals surface area contributed by atoms with Gasteiger partial charge in [0, 0.05) is 55.9 Å². The van der Waals surface area contributed by atoms with Crippen LogP contribution in [0.4, 0.5) is 10.1 Å². The van der Waals surface area contributed by atoms with E-state index in [0.717, 1.165) is 55.4 Å². The van der Waals surface area contributed by atoms with Crippen LogP contribution in [0.5, 0.6) is 0 Å². The summed E-state index contributed by atoms with van der Waals surface area (Å²) < 4.78 is 13.1. The van der Waals surface area contributed by atoms with Crippen molar-refractivity contribution in [2.24, 2.45) is 5.92 Å². The largest absolute Gasteiger partial charge is 0.384 e.